The molecule has 2 heterocycles. The van der Waals surface area contributed by atoms with Gasteiger partial charge in [0.05, 0.1) is 5.56 Å². The van der Waals surface area contributed by atoms with Gasteiger partial charge in [-0.25, -0.2) is 15.0 Å². The minimum atomic E-state index is -0.577. The van der Waals surface area contributed by atoms with E-state index in [0.29, 0.717) is 10.8 Å². The highest BCUT2D eigenvalue weighted by Crippen LogP contribution is 2.22. The van der Waals surface area contributed by atoms with E-state index in [4.69, 9.17) is 4.42 Å². The molecule has 0 saturated heterocycles. The molecule has 2 rings (SSSR count). The molecule has 0 bridgehead atoms. The third kappa shape index (κ3) is 2.38. The quantitative estimate of drug-likeness (QED) is 0.662. The van der Waals surface area contributed by atoms with Gasteiger partial charge in [0.25, 0.3) is 5.91 Å². The van der Waals surface area contributed by atoms with Crippen LogP contribution in [0.5, 0.6) is 0 Å². The lowest BCUT2D eigenvalue weighted by atomic mass is 10.2. The zero-order chi connectivity index (χ0) is 13.1. The number of amides is 1. The average molecular weight is 247 g/mol. The van der Waals surface area contributed by atoms with Crippen molar-refractivity contribution in [2.24, 2.45) is 0 Å². The molecule has 0 aromatic carbocycles. The summed E-state index contributed by atoms with van der Waals surface area (Å²) >= 11 is 0. The molecule has 0 aliphatic carbocycles. The fraction of sp³-hybridized carbons (Fsp3) is 0.250. The molecular weight excluding hydrogens is 234 g/mol. The minimum absolute atomic E-state index is 0.218. The molecule has 0 aliphatic rings. The van der Waals surface area contributed by atoms with Gasteiger partial charge in [-0.1, -0.05) is 0 Å². The number of aromatic nitrogens is 2. The molecule has 1 unspecified atom stereocenters. The molecule has 2 aromatic heterocycles. The van der Waals surface area contributed by atoms with Crippen LogP contribution in [0.25, 0.3) is 0 Å². The number of hydroxylamine groups is 2. The van der Waals surface area contributed by atoms with Crippen molar-refractivity contribution in [1.29, 1.82) is 0 Å². The molecule has 1 atom stereocenters. The van der Waals surface area contributed by atoms with E-state index >= 15 is 0 Å². The summed E-state index contributed by atoms with van der Waals surface area (Å²) in [5, 5.41) is 10.5. The summed E-state index contributed by atoms with van der Waals surface area (Å²) in [5.74, 6) is 0.665. The lowest BCUT2D eigenvalue weighted by molar-refractivity contribution is -0.0900. The molecule has 6 heteroatoms. The lowest BCUT2D eigenvalue weighted by Gasteiger charge is -2.20. The fourth-order valence-electron chi connectivity index (χ4n) is 1.52. The van der Waals surface area contributed by atoms with Gasteiger partial charge >= 0.3 is 0 Å². The van der Waals surface area contributed by atoms with E-state index in [-0.39, 0.29) is 5.56 Å². The molecule has 1 amide bonds. The zero-order valence-electron chi connectivity index (χ0n) is 10.1. The summed E-state index contributed by atoms with van der Waals surface area (Å²) in [5.41, 5.74) is 0.218. The van der Waals surface area contributed by atoms with E-state index in [1.165, 1.54) is 18.7 Å². The highest BCUT2D eigenvalue weighted by atomic mass is 16.5. The Morgan fingerprint density at radius 2 is 2.06 bits per heavy atom. The van der Waals surface area contributed by atoms with Crippen molar-refractivity contribution in [3.05, 3.63) is 47.9 Å². The van der Waals surface area contributed by atoms with Crippen molar-refractivity contribution in [3.63, 3.8) is 0 Å². The Hall–Kier alpha value is -2.21. The maximum Gasteiger partial charge on any atom is 0.281 e. The molecule has 0 fully saturated rings. The van der Waals surface area contributed by atoms with Crippen molar-refractivity contribution in [1.82, 2.24) is 15.0 Å². The first-order valence-electron chi connectivity index (χ1n) is 5.43. The smallest absolute Gasteiger partial charge is 0.281 e. The van der Waals surface area contributed by atoms with Gasteiger partial charge in [-0.05, 0) is 26.0 Å². The summed E-state index contributed by atoms with van der Waals surface area (Å²) in [6.45, 7) is 3.46. The van der Waals surface area contributed by atoms with Crippen molar-refractivity contribution in [2.45, 2.75) is 19.9 Å². The second-order valence-electron chi connectivity index (χ2n) is 3.90. The summed E-state index contributed by atoms with van der Waals surface area (Å²) in [6, 6.07) is 2.92. The number of nitrogens with zero attached hydrogens (tertiary/aromatic N) is 3. The first-order valence-corrected chi connectivity index (χ1v) is 5.43. The van der Waals surface area contributed by atoms with Crippen LogP contribution in [0.15, 0.2) is 35.3 Å². The van der Waals surface area contributed by atoms with Crippen LogP contribution in [-0.2, 0) is 0 Å². The van der Waals surface area contributed by atoms with Gasteiger partial charge in [0.1, 0.15) is 23.9 Å². The molecule has 0 spiro atoms. The predicted octanol–water partition coefficient (Wildman–Crippen LogP) is 1.97. The largest absolute Gasteiger partial charge is 0.464 e. The molecular formula is C12H13N3O3. The monoisotopic (exact) mass is 247 g/mol. The van der Waals surface area contributed by atoms with Gasteiger partial charge < -0.3 is 4.42 Å². The minimum Gasteiger partial charge on any atom is -0.464 e. The van der Waals surface area contributed by atoms with Crippen LogP contribution in [0.4, 0.5) is 0 Å². The topological polar surface area (TPSA) is 79.5 Å². The predicted molar refractivity (Wildman–Crippen MR) is 61.8 cm³/mol. The molecule has 0 saturated carbocycles. The fourth-order valence-corrected chi connectivity index (χ4v) is 1.52. The summed E-state index contributed by atoms with van der Waals surface area (Å²) in [6.07, 6.45) is 4.01. The lowest BCUT2D eigenvalue weighted by Crippen LogP contribution is -2.30. The van der Waals surface area contributed by atoms with Crippen LogP contribution in [-0.4, -0.2) is 26.1 Å². The summed E-state index contributed by atoms with van der Waals surface area (Å²) in [7, 11) is 0. The second-order valence-corrected chi connectivity index (χ2v) is 3.90. The summed E-state index contributed by atoms with van der Waals surface area (Å²) in [4.78, 5) is 19.4. The maximum absolute atomic E-state index is 11.9. The Morgan fingerprint density at radius 1 is 1.39 bits per heavy atom. The number of carbonyl (C=O) groups is 1. The Bertz CT molecular complexity index is 539. The molecule has 94 valence electrons. The normalized spacial score (nSPS) is 12.2. The highest BCUT2D eigenvalue weighted by molar-refractivity contribution is 5.92. The number of aryl methyl sites for hydroxylation is 1. The third-order valence-electron chi connectivity index (χ3n) is 2.56. The molecule has 2 aromatic rings. The molecule has 0 radical (unpaired) electrons. The van der Waals surface area contributed by atoms with Crippen molar-refractivity contribution < 1.29 is 14.4 Å². The first kappa shape index (κ1) is 12.3. The van der Waals surface area contributed by atoms with E-state index in [1.807, 2.05) is 0 Å². The number of carbonyl (C=O) groups excluding carboxylic acids is 1. The Morgan fingerprint density at radius 3 is 2.61 bits per heavy atom. The van der Waals surface area contributed by atoms with Gasteiger partial charge in [-0.15, -0.1) is 0 Å². The highest BCUT2D eigenvalue weighted by Gasteiger charge is 2.23. The van der Waals surface area contributed by atoms with Gasteiger partial charge in [0.2, 0.25) is 0 Å². The molecule has 0 aliphatic heterocycles. The van der Waals surface area contributed by atoms with Gasteiger partial charge in [0, 0.05) is 12.4 Å². The van der Waals surface area contributed by atoms with Crippen LogP contribution >= 0.6 is 0 Å². The van der Waals surface area contributed by atoms with Crippen LogP contribution in [0, 0.1) is 6.92 Å². The van der Waals surface area contributed by atoms with E-state index in [2.05, 4.69) is 9.97 Å². The Balaban J connectivity index is 2.16. The maximum atomic E-state index is 11.9. The average Bonchev–Trinajstić information content (AvgIpc) is 2.84. The molecule has 6 nitrogen and oxygen atoms in total. The molecule has 18 heavy (non-hydrogen) atoms. The number of hydrogen-bond donors (Lipinski definition) is 1. The van der Waals surface area contributed by atoms with Crippen LogP contribution in [0.2, 0.25) is 0 Å². The summed E-state index contributed by atoms with van der Waals surface area (Å²) < 4.78 is 5.37. The Labute approximate surface area is 104 Å². The molecule has 1 N–H and O–H groups in total. The zero-order valence-corrected chi connectivity index (χ0v) is 10.1. The van der Waals surface area contributed by atoms with E-state index in [9.17, 15) is 10.0 Å². The van der Waals surface area contributed by atoms with Gasteiger partial charge in [0.15, 0.2) is 0 Å². The van der Waals surface area contributed by atoms with E-state index < -0.39 is 11.9 Å². The third-order valence-corrected chi connectivity index (χ3v) is 2.56. The Kier molecular flexibility index (Phi) is 3.38. The second kappa shape index (κ2) is 4.97. The van der Waals surface area contributed by atoms with Crippen molar-refractivity contribution in [2.75, 3.05) is 0 Å². The van der Waals surface area contributed by atoms with Crippen molar-refractivity contribution in [3.8, 4) is 0 Å². The van der Waals surface area contributed by atoms with Crippen LogP contribution in [0.1, 0.15) is 34.8 Å². The van der Waals surface area contributed by atoms with Gasteiger partial charge in [-0.3, -0.25) is 10.0 Å². The van der Waals surface area contributed by atoms with E-state index in [1.54, 1.807) is 26.0 Å². The standard InChI is InChI=1S/C12H13N3O3/c1-8-3-4-11(18-8)9(2)15(17)12(16)10-5-13-7-14-6-10/h3-7,9,17H,1-2H3. The number of hydrogen-bond acceptors (Lipinski definition) is 5. The van der Waals surface area contributed by atoms with Crippen LogP contribution < -0.4 is 0 Å². The van der Waals surface area contributed by atoms with Crippen LogP contribution in [0.3, 0.4) is 0 Å². The van der Waals surface area contributed by atoms with E-state index in [0.717, 1.165) is 5.76 Å². The SMILES string of the molecule is Cc1ccc(C(C)N(O)C(=O)c2cncnc2)o1. The number of furan rings is 1. The van der Waals surface area contributed by atoms with Gasteiger partial charge in [-0.2, -0.15) is 0 Å². The number of rotatable bonds is 3. The first-order chi connectivity index (χ1) is 8.59. The van der Waals surface area contributed by atoms with Crippen molar-refractivity contribution >= 4 is 5.91 Å².